The molecule has 0 aliphatic rings. The van der Waals surface area contributed by atoms with Crippen LogP contribution in [0.15, 0.2) is 30.7 Å². The molecular weight excluding hydrogens is 314 g/mol. The molecule has 0 bridgehead atoms. The van der Waals surface area contributed by atoms with Gasteiger partial charge in [-0.15, -0.1) is 0 Å². The van der Waals surface area contributed by atoms with Crippen molar-refractivity contribution in [2.75, 3.05) is 11.5 Å². The van der Waals surface area contributed by atoms with Gasteiger partial charge in [-0.1, -0.05) is 6.07 Å². The predicted octanol–water partition coefficient (Wildman–Crippen LogP) is 2.96. The van der Waals surface area contributed by atoms with E-state index in [9.17, 15) is 17.6 Å². The van der Waals surface area contributed by atoms with E-state index in [0.717, 1.165) is 17.0 Å². The fourth-order valence-electron chi connectivity index (χ4n) is 2.37. The molecule has 0 radical (unpaired) electrons. The van der Waals surface area contributed by atoms with E-state index in [1.807, 2.05) is 0 Å². The lowest BCUT2D eigenvalue weighted by atomic mass is 10.1. The third-order valence-electron chi connectivity index (χ3n) is 3.34. The standard InChI is InChI=1S/C14H11F4N5/c15-9-3-7(1-2-10(9)19)8-4-23(5-14(16,17)18)13-11(8)12(20)21-6-22-13/h1-4,6H,5,19H2,(H2,20,21,22). The van der Waals surface area contributed by atoms with E-state index in [4.69, 9.17) is 11.5 Å². The first-order valence-corrected chi connectivity index (χ1v) is 6.48. The van der Waals surface area contributed by atoms with Gasteiger partial charge in [-0.2, -0.15) is 13.2 Å². The van der Waals surface area contributed by atoms with Gasteiger partial charge < -0.3 is 16.0 Å². The molecule has 0 aliphatic carbocycles. The molecule has 4 N–H and O–H groups in total. The molecule has 2 heterocycles. The maximum Gasteiger partial charge on any atom is 0.406 e. The number of alkyl halides is 3. The number of halogens is 4. The van der Waals surface area contributed by atoms with Crippen molar-refractivity contribution in [1.29, 1.82) is 0 Å². The number of benzene rings is 1. The molecule has 0 spiro atoms. The molecule has 3 rings (SSSR count). The highest BCUT2D eigenvalue weighted by molar-refractivity contribution is 6.00. The number of anilines is 2. The molecule has 120 valence electrons. The van der Waals surface area contributed by atoms with Crippen LogP contribution >= 0.6 is 0 Å². The Morgan fingerprint density at radius 2 is 1.87 bits per heavy atom. The monoisotopic (exact) mass is 325 g/mol. The fraction of sp³-hybridized carbons (Fsp3) is 0.143. The van der Waals surface area contributed by atoms with E-state index >= 15 is 0 Å². The summed E-state index contributed by atoms with van der Waals surface area (Å²) in [5, 5.41) is 0.237. The van der Waals surface area contributed by atoms with Crippen LogP contribution in [0.1, 0.15) is 0 Å². The molecule has 0 unspecified atom stereocenters. The maximum absolute atomic E-state index is 13.7. The molecule has 1 aromatic carbocycles. The zero-order chi connectivity index (χ0) is 16.8. The number of rotatable bonds is 2. The molecule has 0 amide bonds. The first kappa shape index (κ1) is 15.1. The molecule has 9 heteroatoms. The third-order valence-corrected chi connectivity index (χ3v) is 3.34. The van der Waals surface area contributed by atoms with Crippen LogP contribution in [0.5, 0.6) is 0 Å². The van der Waals surface area contributed by atoms with E-state index in [1.54, 1.807) is 0 Å². The minimum atomic E-state index is -4.44. The largest absolute Gasteiger partial charge is 0.406 e. The molecule has 23 heavy (non-hydrogen) atoms. The van der Waals surface area contributed by atoms with Gasteiger partial charge in [0.1, 0.15) is 30.2 Å². The molecule has 2 aromatic heterocycles. The smallest absolute Gasteiger partial charge is 0.396 e. The summed E-state index contributed by atoms with van der Waals surface area (Å²) in [5.74, 6) is -0.655. The van der Waals surface area contributed by atoms with Crippen molar-refractivity contribution in [3.63, 3.8) is 0 Å². The normalized spacial score (nSPS) is 12.0. The van der Waals surface area contributed by atoms with Crippen molar-refractivity contribution in [3.05, 3.63) is 36.5 Å². The van der Waals surface area contributed by atoms with Gasteiger partial charge in [0.15, 0.2) is 0 Å². The molecule has 5 nitrogen and oxygen atoms in total. The number of nitrogens with two attached hydrogens (primary N) is 2. The Kier molecular flexibility index (Phi) is 3.35. The molecule has 0 saturated heterocycles. The van der Waals surface area contributed by atoms with Gasteiger partial charge in [0, 0.05) is 11.8 Å². The van der Waals surface area contributed by atoms with Gasteiger partial charge in [0.05, 0.1) is 11.1 Å². The van der Waals surface area contributed by atoms with Crippen LogP contribution < -0.4 is 11.5 Å². The third kappa shape index (κ3) is 2.77. The van der Waals surface area contributed by atoms with Crippen molar-refractivity contribution in [1.82, 2.24) is 14.5 Å². The van der Waals surface area contributed by atoms with Crippen LogP contribution in [-0.2, 0) is 6.54 Å². The van der Waals surface area contributed by atoms with E-state index in [2.05, 4.69) is 9.97 Å². The van der Waals surface area contributed by atoms with Crippen molar-refractivity contribution in [3.8, 4) is 11.1 Å². The fourth-order valence-corrected chi connectivity index (χ4v) is 2.37. The lowest BCUT2D eigenvalue weighted by Crippen LogP contribution is -2.17. The minimum absolute atomic E-state index is 0.0168. The summed E-state index contributed by atoms with van der Waals surface area (Å²) in [6.45, 7) is -1.24. The van der Waals surface area contributed by atoms with Crippen molar-refractivity contribution in [2.24, 2.45) is 0 Å². The topological polar surface area (TPSA) is 82.8 Å². The molecule has 3 aromatic rings. The summed E-state index contributed by atoms with van der Waals surface area (Å²) in [7, 11) is 0. The van der Waals surface area contributed by atoms with Gasteiger partial charge in [-0.25, -0.2) is 14.4 Å². The summed E-state index contributed by atoms with van der Waals surface area (Å²) >= 11 is 0. The first-order valence-electron chi connectivity index (χ1n) is 6.48. The lowest BCUT2D eigenvalue weighted by Gasteiger charge is -2.07. The van der Waals surface area contributed by atoms with E-state index < -0.39 is 18.5 Å². The zero-order valence-electron chi connectivity index (χ0n) is 11.6. The zero-order valence-corrected chi connectivity index (χ0v) is 11.6. The Morgan fingerprint density at radius 1 is 1.13 bits per heavy atom. The van der Waals surface area contributed by atoms with E-state index in [-0.39, 0.29) is 22.5 Å². The number of fused-ring (bicyclic) bond motifs is 1. The van der Waals surface area contributed by atoms with E-state index in [1.165, 1.54) is 18.3 Å². The van der Waals surface area contributed by atoms with Crippen LogP contribution in [0.2, 0.25) is 0 Å². The summed E-state index contributed by atoms with van der Waals surface area (Å²) < 4.78 is 52.8. The Labute approximate surface area is 127 Å². The van der Waals surface area contributed by atoms with Crippen molar-refractivity contribution < 1.29 is 17.6 Å². The first-order chi connectivity index (χ1) is 10.8. The SMILES string of the molecule is Nc1ccc(-c2cn(CC(F)(F)F)c3ncnc(N)c23)cc1F. The number of aromatic nitrogens is 3. The second-order valence-electron chi connectivity index (χ2n) is 4.98. The summed E-state index contributed by atoms with van der Waals surface area (Å²) in [6.07, 6.45) is -2.12. The highest BCUT2D eigenvalue weighted by Crippen LogP contribution is 2.34. The molecule has 0 atom stereocenters. The minimum Gasteiger partial charge on any atom is -0.396 e. The van der Waals surface area contributed by atoms with Gasteiger partial charge in [0.25, 0.3) is 0 Å². The summed E-state index contributed by atoms with van der Waals surface area (Å²) in [4.78, 5) is 7.66. The highest BCUT2D eigenvalue weighted by Gasteiger charge is 2.30. The lowest BCUT2D eigenvalue weighted by molar-refractivity contribution is -0.139. The average molecular weight is 325 g/mol. The highest BCUT2D eigenvalue weighted by atomic mass is 19.4. The van der Waals surface area contributed by atoms with Gasteiger partial charge in [0.2, 0.25) is 0 Å². The quantitative estimate of drug-likeness (QED) is 0.560. The number of hydrogen-bond donors (Lipinski definition) is 2. The molecule has 0 aliphatic heterocycles. The van der Waals surface area contributed by atoms with Crippen molar-refractivity contribution >= 4 is 22.5 Å². The molecule has 0 saturated carbocycles. The number of hydrogen-bond acceptors (Lipinski definition) is 4. The second kappa shape index (κ2) is 5.11. The Morgan fingerprint density at radius 3 is 2.52 bits per heavy atom. The van der Waals surface area contributed by atoms with Gasteiger partial charge in [-0.05, 0) is 17.7 Å². The predicted molar refractivity (Wildman–Crippen MR) is 77.8 cm³/mol. The summed E-state index contributed by atoms with van der Waals surface area (Å²) in [5.41, 5.74) is 11.8. The van der Waals surface area contributed by atoms with Crippen LogP contribution in [0.25, 0.3) is 22.2 Å². The average Bonchev–Trinajstić information content (AvgIpc) is 2.80. The van der Waals surface area contributed by atoms with Crippen molar-refractivity contribution in [2.45, 2.75) is 12.7 Å². The Hall–Kier alpha value is -2.84. The maximum atomic E-state index is 13.7. The van der Waals surface area contributed by atoms with Crippen LogP contribution in [0.4, 0.5) is 29.1 Å². The Bertz CT molecular complexity index is 885. The number of nitrogens with zero attached hydrogens (tertiary/aromatic N) is 3. The van der Waals surface area contributed by atoms with Crippen LogP contribution in [0.3, 0.4) is 0 Å². The van der Waals surface area contributed by atoms with Gasteiger partial charge >= 0.3 is 6.18 Å². The van der Waals surface area contributed by atoms with E-state index in [0.29, 0.717) is 11.1 Å². The number of nitrogen functional groups attached to an aromatic ring is 2. The van der Waals surface area contributed by atoms with Crippen LogP contribution in [0, 0.1) is 5.82 Å². The molecule has 0 fully saturated rings. The second-order valence-corrected chi connectivity index (χ2v) is 4.98. The van der Waals surface area contributed by atoms with Gasteiger partial charge in [-0.3, -0.25) is 0 Å². The van der Waals surface area contributed by atoms with Crippen LogP contribution in [-0.4, -0.2) is 20.7 Å². The molecular formula is C14H11F4N5. The Balaban J connectivity index is 2.26. The summed E-state index contributed by atoms with van der Waals surface area (Å²) in [6, 6.07) is 3.96.